The van der Waals surface area contributed by atoms with Gasteiger partial charge in [-0.15, -0.1) is 0 Å². The van der Waals surface area contributed by atoms with Crippen LogP contribution in [0, 0.1) is 5.82 Å². The Balaban J connectivity index is 2.21. The topological polar surface area (TPSA) is 39.1 Å². The fourth-order valence-corrected chi connectivity index (χ4v) is 2.06. The Morgan fingerprint density at radius 2 is 2.26 bits per heavy atom. The van der Waals surface area contributed by atoms with Crippen molar-refractivity contribution >= 4 is 23.2 Å². The molecule has 1 aromatic carbocycles. The minimum absolute atomic E-state index is 0.124. The lowest BCUT2D eigenvalue weighted by molar-refractivity contribution is 0.163. The van der Waals surface area contributed by atoms with Gasteiger partial charge in [0.1, 0.15) is 5.82 Å². The first kappa shape index (κ1) is 13.8. The first-order valence-corrected chi connectivity index (χ1v) is 6.23. The number of nitrogens with one attached hydrogen (secondary N) is 1. The van der Waals surface area contributed by atoms with E-state index in [0.29, 0.717) is 23.3 Å². The van der Waals surface area contributed by atoms with Gasteiger partial charge in [-0.3, -0.25) is 0 Å². The standard InChI is InChI=1S/C13H15ClFN3O/c1-9(8-19-2)18-4-3-16-13(18)17-12-6-10(14)5-11(15)7-12/h3-7,9H,8H2,1-2H3,(H,16,17). The summed E-state index contributed by atoms with van der Waals surface area (Å²) in [6.07, 6.45) is 3.52. The summed E-state index contributed by atoms with van der Waals surface area (Å²) in [5, 5.41) is 3.38. The van der Waals surface area contributed by atoms with Gasteiger partial charge in [-0.25, -0.2) is 9.37 Å². The smallest absolute Gasteiger partial charge is 0.207 e. The molecule has 0 aliphatic heterocycles. The van der Waals surface area contributed by atoms with Gasteiger partial charge in [0.2, 0.25) is 5.95 Å². The van der Waals surface area contributed by atoms with Gasteiger partial charge in [-0.05, 0) is 25.1 Å². The SMILES string of the molecule is COCC(C)n1ccnc1Nc1cc(F)cc(Cl)c1. The van der Waals surface area contributed by atoms with Crippen LogP contribution in [0.3, 0.4) is 0 Å². The molecule has 1 unspecified atom stereocenters. The zero-order valence-corrected chi connectivity index (χ0v) is 11.5. The molecule has 0 spiro atoms. The monoisotopic (exact) mass is 283 g/mol. The molecular weight excluding hydrogens is 269 g/mol. The number of aromatic nitrogens is 2. The van der Waals surface area contributed by atoms with Gasteiger partial charge >= 0.3 is 0 Å². The number of nitrogens with zero attached hydrogens (tertiary/aromatic N) is 2. The first-order chi connectivity index (χ1) is 9.10. The maximum absolute atomic E-state index is 13.3. The molecule has 0 saturated heterocycles. The molecule has 0 radical (unpaired) electrons. The van der Waals surface area contributed by atoms with E-state index in [0.717, 1.165) is 0 Å². The van der Waals surface area contributed by atoms with Crippen LogP contribution in [0.5, 0.6) is 0 Å². The Morgan fingerprint density at radius 3 is 2.95 bits per heavy atom. The van der Waals surface area contributed by atoms with E-state index in [1.165, 1.54) is 12.1 Å². The van der Waals surface area contributed by atoms with E-state index in [9.17, 15) is 4.39 Å². The molecule has 4 nitrogen and oxygen atoms in total. The van der Waals surface area contributed by atoms with E-state index >= 15 is 0 Å². The number of benzene rings is 1. The van der Waals surface area contributed by atoms with Gasteiger partial charge in [0.25, 0.3) is 0 Å². The number of hydrogen-bond donors (Lipinski definition) is 1. The molecule has 0 aliphatic rings. The second-order valence-corrected chi connectivity index (χ2v) is 4.68. The molecule has 0 saturated carbocycles. The Hall–Kier alpha value is -1.59. The highest BCUT2D eigenvalue weighted by atomic mass is 35.5. The summed E-state index contributed by atoms with van der Waals surface area (Å²) in [5.41, 5.74) is 0.557. The predicted molar refractivity (Wildman–Crippen MR) is 73.5 cm³/mol. The third kappa shape index (κ3) is 3.45. The van der Waals surface area contributed by atoms with Crippen LogP contribution >= 0.6 is 11.6 Å². The quantitative estimate of drug-likeness (QED) is 0.911. The second kappa shape index (κ2) is 6.04. The lowest BCUT2D eigenvalue weighted by atomic mass is 10.3. The molecule has 0 fully saturated rings. The zero-order chi connectivity index (χ0) is 13.8. The fourth-order valence-electron chi connectivity index (χ4n) is 1.84. The third-order valence-electron chi connectivity index (χ3n) is 2.67. The van der Waals surface area contributed by atoms with Crippen molar-refractivity contribution in [1.29, 1.82) is 0 Å². The first-order valence-electron chi connectivity index (χ1n) is 5.85. The van der Waals surface area contributed by atoms with E-state index in [1.807, 2.05) is 17.7 Å². The molecule has 0 bridgehead atoms. The molecule has 6 heteroatoms. The number of halogens is 2. The van der Waals surface area contributed by atoms with Crippen molar-refractivity contribution in [3.8, 4) is 0 Å². The van der Waals surface area contributed by atoms with Crippen molar-refractivity contribution < 1.29 is 9.13 Å². The lowest BCUT2D eigenvalue weighted by Crippen LogP contribution is -2.12. The third-order valence-corrected chi connectivity index (χ3v) is 2.89. The fraction of sp³-hybridized carbons (Fsp3) is 0.308. The van der Waals surface area contributed by atoms with Crippen LogP contribution < -0.4 is 5.32 Å². The van der Waals surface area contributed by atoms with Gasteiger partial charge in [-0.2, -0.15) is 0 Å². The molecule has 102 valence electrons. The van der Waals surface area contributed by atoms with Crippen LogP contribution in [-0.4, -0.2) is 23.3 Å². The zero-order valence-electron chi connectivity index (χ0n) is 10.7. The Morgan fingerprint density at radius 1 is 1.47 bits per heavy atom. The average Bonchev–Trinajstić information content (AvgIpc) is 2.76. The number of rotatable bonds is 5. The second-order valence-electron chi connectivity index (χ2n) is 4.25. The number of methoxy groups -OCH3 is 1. The largest absolute Gasteiger partial charge is 0.383 e. The van der Waals surface area contributed by atoms with E-state index in [1.54, 1.807) is 19.4 Å². The van der Waals surface area contributed by atoms with Crippen LogP contribution in [-0.2, 0) is 4.74 Å². The summed E-state index contributed by atoms with van der Waals surface area (Å²) < 4.78 is 20.3. The molecule has 19 heavy (non-hydrogen) atoms. The molecule has 1 heterocycles. The van der Waals surface area contributed by atoms with Crippen LogP contribution in [0.1, 0.15) is 13.0 Å². The molecule has 1 N–H and O–H groups in total. The summed E-state index contributed by atoms with van der Waals surface area (Å²) in [7, 11) is 1.65. The van der Waals surface area contributed by atoms with E-state index in [-0.39, 0.29) is 6.04 Å². The van der Waals surface area contributed by atoms with Crippen LogP contribution in [0.2, 0.25) is 5.02 Å². The average molecular weight is 284 g/mol. The van der Waals surface area contributed by atoms with Gasteiger partial charge in [-0.1, -0.05) is 11.6 Å². The highest BCUT2D eigenvalue weighted by Crippen LogP contribution is 2.23. The summed E-state index contributed by atoms with van der Waals surface area (Å²) in [6, 6.07) is 4.39. The maximum Gasteiger partial charge on any atom is 0.207 e. The van der Waals surface area contributed by atoms with Gasteiger partial charge in [0, 0.05) is 30.2 Å². The Bertz CT molecular complexity index is 538. The van der Waals surface area contributed by atoms with Crippen molar-refractivity contribution in [3.05, 3.63) is 41.4 Å². The van der Waals surface area contributed by atoms with Crippen molar-refractivity contribution in [3.63, 3.8) is 0 Å². The molecule has 1 atom stereocenters. The van der Waals surface area contributed by atoms with Crippen molar-refractivity contribution in [2.24, 2.45) is 0 Å². The molecule has 1 aromatic heterocycles. The number of anilines is 2. The Kier molecular flexibility index (Phi) is 4.39. The Labute approximate surface area is 116 Å². The number of ether oxygens (including phenoxy) is 1. The molecule has 0 amide bonds. The van der Waals surface area contributed by atoms with Crippen molar-refractivity contribution in [2.75, 3.05) is 19.0 Å². The van der Waals surface area contributed by atoms with Gasteiger partial charge in [0.05, 0.1) is 12.6 Å². The number of imidazole rings is 1. The highest BCUT2D eigenvalue weighted by Gasteiger charge is 2.10. The lowest BCUT2D eigenvalue weighted by Gasteiger charge is -2.16. The summed E-state index contributed by atoms with van der Waals surface area (Å²) in [4.78, 5) is 4.20. The van der Waals surface area contributed by atoms with Crippen LogP contribution in [0.4, 0.5) is 16.0 Å². The van der Waals surface area contributed by atoms with E-state index < -0.39 is 5.82 Å². The molecule has 2 aromatic rings. The van der Waals surface area contributed by atoms with Crippen molar-refractivity contribution in [2.45, 2.75) is 13.0 Å². The maximum atomic E-state index is 13.3. The van der Waals surface area contributed by atoms with Gasteiger partial charge in [0.15, 0.2) is 0 Å². The predicted octanol–water partition coefficient (Wildman–Crippen LogP) is 3.63. The van der Waals surface area contributed by atoms with Crippen LogP contribution in [0.15, 0.2) is 30.6 Å². The highest BCUT2D eigenvalue weighted by molar-refractivity contribution is 6.30. The summed E-state index contributed by atoms with van der Waals surface area (Å²) in [6.45, 7) is 2.57. The van der Waals surface area contributed by atoms with E-state index in [2.05, 4.69) is 10.3 Å². The molecule has 0 aliphatic carbocycles. The van der Waals surface area contributed by atoms with Crippen molar-refractivity contribution in [1.82, 2.24) is 9.55 Å². The minimum atomic E-state index is -0.391. The molecular formula is C13H15ClFN3O. The summed E-state index contributed by atoms with van der Waals surface area (Å²) >= 11 is 5.82. The normalized spacial score (nSPS) is 12.4. The van der Waals surface area contributed by atoms with E-state index in [4.69, 9.17) is 16.3 Å². The van der Waals surface area contributed by atoms with Gasteiger partial charge < -0.3 is 14.6 Å². The molecule has 2 rings (SSSR count). The number of hydrogen-bond acceptors (Lipinski definition) is 3. The minimum Gasteiger partial charge on any atom is -0.383 e. The summed E-state index contributed by atoms with van der Waals surface area (Å²) in [5.74, 6) is 0.226. The van der Waals surface area contributed by atoms with Crippen LogP contribution in [0.25, 0.3) is 0 Å².